The Hall–Kier alpha value is -4.39. The van der Waals surface area contributed by atoms with E-state index in [4.69, 9.17) is 0 Å². The maximum absolute atomic E-state index is 13.4. The van der Waals surface area contributed by atoms with Crippen LogP contribution in [0.5, 0.6) is 0 Å². The molecule has 6 nitrogen and oxygen atoms in total. The molecule has 0 amide bonds. The molecule has 31 heavy (non-hydrogen) atoms. The van der Waals surface area contributed by atoms with Gasteiger partial charge in [0, 0.05) is 40.5 Å². The molecule has 0 aliphatic carbocycles. The third-order valence-corrected chi connectivity index (χ3v) is 5.38. The summed E-state index contributed by atoms with van der Waals surface area (Å²) in [4.78, 5) is 16.4. The van der Waals surface area contributed by atoms with E-state index >= 15 is 0 Å². The number of pyridine rings is 3. The number of H-pyrrole nitrogens is 2. The third kappa shape index (κ3) is 2.95. The van der Waals surface area contributed by atoms with Crippen molar-refractivity contribution in [2.75, 3.05) is 0 Å². The highest BCUT2D eigenvalue weighted by molar-refractivity contribution is 6.01. The van der Waals surface area contributed by atoms with E-state index in [1.807, 2.05) is 18.2 Å². The lowest BCUT2D eigenvalue weighted by Gasteiger charge is -2.02. The van der Waals surface area contributed by atoms with Crippen molar-refractivity contribution < 1.29 is 4.39 Å². The molecular formula is C24H15FN6. The fraction of sp³-hybridized carbons (Fsp3) is 0. The minimum Gasteiger partial charge on any atom is -0.352 e. The van der Waals surface area contributed by atoms with Gasteiger partial charge in [-0.1, -0.05) is 12.1 Å². The zero-order valence-electron chi connectivity index (χ0n) is 16.2. The van der Waals surface area contributed by atoms with Gasteiger partial charge in [-0.25, -0.2) is 4.39 Å². The molecule has 0 fully saturated rings. The molecule has 2 N–H and O–H groups in total. The minimum absolute atomic E-state index is 0.264. The van der Waals surface area contributed by atoms with E-state index in [2.05, 4.69) is 36.2 Å². The number of nitrogens with one attached hydrogen (secondary N) is 2. The monoisotopic (exact) mass is 406 g/mol. The highest BCUT2D eigenvalue weighted by atomic mass is 19.1. The Kier molecular flexibility index (Phi) is 3.86. The number of fused-ring (bicyclic) bond motifs is 2. The Bertz CT molecular complexity index is 1530. The quantitative estimate of drug-likeness (QED) is 0.414. The van der Waals surface area contributed by atoms with Crippen LogP contribution in [0.25, 0.3) is 55.6 Å². The Balaban J connectivity index is 1.51. The maximum Gasteiger partial charge on any atom is 0.123 e. The Labute approximate surface area is 175 Å². The van der Waals surface area contributed by atoms with Crippen LogP contribution >= 0.6 is 0 Å². The topological polar surface area (TPSA) is 83.1 Å². The molecule has 6 aromatic rings. The number of rotatable bonds is 3. The van der Waals surface area contributed by atoms with Gasteiger partial charge in [-0.05, 0) is 42.0 Å². The first-order valence-corrected chi connectivity index (χ1v) is 9.74. The van der Waals surface area contributed by atoms with Crippen LogP contribution in [0.1, 0.15) is 0 Å². The van der Waals surface area contributed by atoms with Crippen LogP contribution in [0.3, 0.4) is 0 Å². The van der Waals surface area contributed by atoms with Gasteiger partial charge >= 0.3 is 0 Å². The van der Waals surface area contributed by atoms with Crippen LogP contribution in [0.15, 0.2) is 79.5 Å². The molecule has 0 unspecified atom stereocenters. The molecule has 0 spiro atoms. The summed E-state index contributed by atoms with van der Waals surface area (Å²) < 4.78 is 13.4. The van der Waals surface area contributed by atoms with Gasteiger partial charge in [-0.2, -0.15) is 5.10 Å². The molecule has 6 rings (SSSR count). The largest absolute Gasteiger partial charge is 0.352 e. The average Bonchev–Trinajstić information content (AvgIpc) is 3.43. The van der Waals surface area contributed by atoms with E-state index < -0.39 is 0 Å². The number of aromatic nitrogens is 6. The van der Waals surface area contributed by atoms with Gasteiger partial charge in [0.15, 0.2) is 0 Å². The van der Waals surface area contributed by atoms with E-state index in [1.54, 1.807) is 43.1 Å². The number of hydrogen-bond donors (Lipinski definition) is 2. The molecule has 0 saturated heterocycles. The van der Waals surface area contributed by atoms with Crippen molar-refractivity contribution in [3.05, 3.63) is 85.3 Å². The lowest BCUT2D eigenvalue weighted by atomic mass is 10.0. The SMILES string of the molecule is Fc1ccc(-c2cncc3[nH]c(-c4n[nH]c5cnc(-c6ccncc6)cc45)cc23)cc1. The molecule has 0 radical (unpaired) electrons. The summed E-state index contributed by atoms with van der Waals surface area (Å²) in [7, 11) is 0. The first-order chi connectivity index (χ1) is 15.3. The number of hydrogen-bond acceptors (Lipinski definition) is 4. The van der Waals surface area contributed by atoms with Crippen LogP contribution in [0.4, 0.5) is 4.39 Å². The first-order valence-electron chi connectivity index (χ1n) is 9.74. The summed E-state index contributed by atoms with van der Waals surface area (Å²) in [5.41, 5.74) is 7.07. The number of nitrogens with zero attached hydrogens (tertiary/aromatic N) is 4. The Morgan fingerprint density at radius 3 is 2.42 bits per heavy atom. The maximum atomic E-state index is 13.4. The Morgan fingerprint density at radius 1 is 0.742 bits per heavy atom. The van der Waals surface area contributed by atoms with Gasteiger partial charge in [-0.15, -0.1) is 0 Å². The summed E-state index contributed by atoms with van der Waals surface area (Å²) in [6, 6.07) is 14.4. The predicted octanol–water partition coefficient (Wildman–Crippen LogP) is 5.37. The second-order valence-electron chi connectivity index (χ2n) is 7.26. The number of benzene rings is 1. The third-order valence-electron chi connectivity index (χ3n) is 5.38. The van der Waals surface area contributed by atoms with Gasteiger partial charge in [0.25, 0.3) is 0 Å². The summed E-state index contributed by atoms with van der Waals surface area (Å²) in [6.45, 7) is 0. The zero-order chi connectivity index (χ0) is 20.8. The molecule has 0 aliphatic rings. The van der Waals surface area contributed by atoms with Crippen molar-refractivity contribution in [3.8, 4) is 33.8 Å². The van der Waals surface area contributed by atoms with E-state index in [0.717, 1.165) is 55.6 Å². The fourth-order valence-electron chi connectivity index (χ4n) is 3.84. The van der Waals surface area contributed by atoms with Crippen LogP contribution < -0.4 is 0 Å². The van der Waals surface area contributed by atoms with E-state index in [9.17, 15) is 4.39 Å². The van der Waals surface area contributed by atoms with E-state index in [-0.39, 0.29) is 5.82 Å². The number of aromatic amines is 2. The fourth-order valence-corrected chi connectivity index (χ4v) is 3.84. The summed E-state index contributed by atoms with van der Waals surface area (Å²) in [5.74, 6) is -0.264. The van der Waals surface area contributed by atoms with Gasteiger partial charge < -0.3 is 4.98 Å². The molecule has 0 bridgehead atoms. The standard InChI is InChI=1S/C24H15FN6/c25-16-3-1-14(2-4-16)19-11-27-12-22-17(19)9-21(29-22)24-18-10-20(15-5-7-26-8-6-15)28-13-23(18)30-31-24/h1-13,29H,(H,30,31). The van der Waals surface area contributed by atoms with Gasteiger partial charge in [0.1, 0.15) is 11.5 Å². The van der Waals surface area contributed by atoms with Gasteiger partial charge in [0.2, 0.25) is 0 Å². The van der Waals surface area contributed by atoms with Crippen molar-refractivity contribution in [1.82, 2.24) is 30.1 Å². The van der Waals surface area contributed by atoms with Gasteiger partial charge in [-0.3, -0.25) is 20.1 Å². The normalized spacial score (nSPS) is 11.4. The predicted molar refractivity (Wildman–Crippen MR) is 118 cm³/mol. The van der Waals surface area contributed by atoms with E-state index in [1.165, 1.54) is 12.1 Å². The van der Waals surface area contributed by atoms with Crippen molar-refractivity contribution in [2.45, 2.75) is 0 Å². The van der Waals surface area contributed by atoms with Crippen molar-refractivity contribution >= 4 is 21.8 Å². The molecule has 148 valence electrons. The molecule has 7 heteroatoms. The summed E-state index contributed by atoms with van der Waals surface area (Å²) in [5, 5.41) is 9.55. The second-order valence-corrected chi connectivity index (χ2v) is 7.26. The van der Waals surface area contributed by atoms with Crippen molar-refractivity contribution in [3.63, 3.8) is 0 Å². The molecule has 5 heterocycles. The molecule has 0 atom stereocenters. The smallest absolute Gasteiger partial charge is 0.123 e. The highest BCUT2D eigenvalue weighted by Crippen LogP contribution is 2.34. The minimum atomic E-state index is -0.264. The van der Waals surface area contributed by atoms with Crippen LogP contribution in [0.2, 0.25) is 0 Å². The first kappa shape index (κ1) is 17.5. The van der Waals surface area contributed by atoms with Crippen molar-refractivity contribution in [1.29, 1.82) is 0 Å². The zero-order valence-corrected chi connectivity index (χ0v) is 16.2. The highest BCUT2D eigenvalue weighted by Gasteiger charge is 2.15. The van der Waals surface area contributed by atoms with Crippen molar-refractivity contribution in [2.24, 2.45) is 0 Å². The molecule has 1 aromatic carbocycles. The summed E-state index contributed by atoms with van der Waals surface area (Å²) >= 11 is 0. The van der Waals surface area contributed by atoms with Crippen LogP contribution in [-0.4, -0.2) is 30.1 Å². The lowest BCUT2D eigenvalue weighted by Crippen LogP contribution is -1.84. The Morgan fingerprint density at radius 2 is 1.58 bits per heavy atom. The van der Waals surface area contributed by atoms with Crippen LogP contribution in [0, 0.1) is 5.82 Å². The summed E-state index contributed by atoms with van der Waals surface area (Å²) in [6.07, 6.45) is 8.86. The lowest BCUT2D eigenvalue weighted by molar-refractivity contribution is 0.628. The van der Waals surface area contributed by atoms with Crippen LogP contribution in [-0.2, 0) is 0 Å². The van der Waals surface area contributed by atoms with E-state index in [0.29, 0.717) is 0 Å². The second kappa shape index (κ2) is 6.84. The molecule has 0 saturated carbocycles. The number of halogens is 1. The molecule has 5 aromatic heterocycles. The average molecular weight is 406 g/mol. The molecule has 0 aliphatic heterocycles. The van der Waals surface area contributed by atoms with Gasteiger partial charge in [0.05, 0.1) is 34.8 Å². The molecular weight excluding hydrogens is 391 g/mol.